The lowest BCUT2D eigenvalue weighted by molar-refractivity contribution is 0.102. The first-order chi connectivity index (χ1) is 14.0. The highest BCUT2D eigenvalue weighted by Gasteiger charge is 2.23. The molecule has 2 aromatic carbocycles. The van der Waals surface area contributed by atoms with Gasteiger partial charge >= 0.3 is 0 Å². The largest absolute Gasteiger partial charge is 0.321 e. The van der Waals surface area contributed by atoms with Gasteiger partial charge < -0.3 is 5.32 Å². The van der Waals surface area contributed by atoms with E-state index in [1.807, 2.05) is 0 Å². The van der Waals surface area contributed by atoms with Crippen LogP contribution in [0, 0.1) is 0 Å². The highest BCUT2D eigenvalue weighted by Crippen LogP contribution is 2.19. The van der Waals surface area contributed by atoms with Gasteiger partial charge in [-0.2, -0.15) is 4.31 Å². The van der Waals surface area contributed by atoms with Crippen molar-refractivity contribution in [2.24, 2.45) is 0 Å². The van der Waals surface area contributed by atoms with Crippen LogP contribution < -0.4 is 5.32 Å². The molecule has 1 aromatic heterocycles. The average Bonchev–Trinajstić information content (AvgIpc) is 2.75. The van der Waals surface area contributed by atoms with Gasteiger partial charge in [0.15, 0.2) is 0 Å². The number of hydrogen-bond donors (Lipinski definition) is 1. The third-order valence-corrected chi connectivity index (χ3v) is 6.03. The molecule has 0 spiro atoms. The Morgan fingerprint density at radius 2 is 1.76 bits per heavy atom. The van der Waals surface area contributed by atoms with E-state index in [9.17, 15) is 13.2 Å². The van der Waals surface area contributed by atoms with Gasteiger partial charge in [-0.1, -0.05) is 36.4 Å². The van der Waals surface area contributed by atoms with Crippen molar-refractivity contribution in [1.29, 1.82) is 0 Å². The van der Waals surface area contributed by atoms with Crippen LogP contribution in [0.5, 0.6) is 0 Å². The van der Waals surface area contributed by atoms with Crippen molar-refractivity contribution >= 4 is 21.6 Å². The van der Waals surface area contributed by atoms with Crippen molar-refractivity contribution in [3.8, 4) is 0 Å². The zero-order valence-electron chi connectivity index (χ0n) is 15.7. The second kappa shape index (κ2) is 9.27. The molecule has 0 aliphatic rings. The number of aromatic nitrogens is 1. The van der Waals surface area contributed by atoms with Crippen LogP contribution in [0.4, 0.5) is 5.69 Å². The summed E-state index contributed by atoms with van der Waals surface area (Å²) in [5.74, 6) is -0.260. The van der Waals surface area contributed by atoms with Gasteiger partial charge in [0, 0.05) is 24.8 Å². The number of nitrogens with one attached hydrogen (secondary N) is 1. The molecule has 0 atom stereocenters. The Morgan fingerprint density at radius 3 is 2.38 bits per heavy atom. The maximum atomic E-state index is 12.9. The van der Waals surface area contributed by atoms with Crippen molar-refractivity contribution in [1.82, 2.24) is 9.29 Å². The molecular weight excluding hydrogens is 386 g/mol. The molecule has 0 saturated heterocycles. The SMILES string of the molecule is C=CCN(Cc1ccc(C(=O)Nc2cccnc2)cc1)S(=O)(=O)c1ccccc1. The molecule has 6 nitrogen and oxygen atoms in total. The minimum absolute atomic E-state index is 0.174. The fourth-order valence-electron chi connectivity index (χ4n) is 2.74. The number of sulfonamides is 1. The molecule has 148 valence electrons. The van der Waals surface area contributed by atoms with E-state index < -0.39 is 10.0 Å². The molecule has 1 N–H and O–H groups in total. The van der Waals surface area contributed by atoms with Crippen molar-refractivity contribution in [3.63, 3.8) is 0 Å². The molecule has 1 heterocycles. The first-order valence-corrected chi connectivity index (χ1v) is 10.4. The molecule has 0 radical (unpaired) electrons. The van der Waals surface area contributed by atoms with E-state index in [2.05, 4.69) is 16.9 Å². The quantitative estimate of drug-likeness (QED) is 0.577. The van der Waals surface area contributed by atoms with Crippen LogP contribution in [0.3, 0.4) is 0 Å². The van der Waals surface area contributed by atoms with Gasteiger partial charge in [0.05, 0.1) is 16.8 Å². The van der Waals surface area contributed by atoms with Gasteiger partial charge in [-0.3, -0.25) is 9.78 Å². The summed E-state index contributed by atoms with van der Waals surface area (Å²) in [7, 11) is -3.65. The number of pyridine rings is 1. The molecule has 0 fully saturated rings. The van der Waals surface area contributed by atoms with E-state index in [0.717, 1.165) is 5.56 Å². The summed E-state index contributed by atoms with van der Waals surface area (Å²) in [6.45, 7) is 4.02. The van der Waals surface area contributed by atoms with Crippen molar-refractivity contribution < 1.29 is 13.2 Å². The third-order valence-electron chi connectivity index (χ3n) is 4.21. The lowest BCUT2D eigenvalue weighted by Crippen LogP contribution is -2.30. The van der Waals surface area contributed by atoms with E-state index >= 15 is 0 Å². The standard InChI is InChI=1S/C22H21N3O3S/c1-2-15-25(29(27,28)21-8-4-3-5-9-21)17-18-10-12-19(13-11-18)22(26)24-20-7-6-14-23-16-20/h2-14,16H,1,15,17H2,(H,24,26). The molecule has 29 heavy (non-hydrogen) atoms. The topological polar surface area (TPSA) is 79.4 Å². The zero-order valence-corrected chi connectivity index (χ0v) is 16.5. The Labute approximate surface area is 170 Å². The van der Waals surface area contributed by atoms with Gasteiger partial charge in [-0.25, -0.2) is 8.42 Å². The molecule has 0 saturated carbocycles. The van der Waals surface area contributed by atoms with Gasteiger partial charge in [0.2, 0.25) is 10.0 Å². The highest BCUT2D eigenvalue weighted by molar-refractivity contribution is 7.89. The molecule has 3 rings (SSSR count). The minimum atomic E-state index is -3.65. The minimum Gasteiger partial charge on any atom is -0.321 e. The highest BCUT2D eigenvalue weighted by atomic mass is 32.2. The zero-order chi connectivity index (χ0) is 20.7. The fourth-order valence-corrected chi connectivity index (χ4v) is 4.16. The number of amides is 1. The number of carbonyl (C=O) groups is 1. The second-order valence-corrected chi connectivity index (χ2v) is 8.23. The van der Waals surface area contributed by atoms with Gasteiger partial charge in [-0.15, -0.1) is 6.58 Å². The van der Waals surface area contributed by atoms with Crippen LogP contribution in [-0.4, -0.2) is 30.2 Å². The van der Waals surface area contributed by atoms with Crippen molar-refractivity contribution in [3.05, 3.63) is 103 Å². The van der Waals surface area contributed by atoms with Crippen LogP contribution in [0.2, 0.25) is 0 Å². The van der Waals surface area contributed by atoms with Crippen LogP contribution in [-0.2, 0) is 16.6 Å². The van der Waals surface area contributed by atoms with E-state index in [1.54, 1.807) is 85.2 Å². The number of hydrogen-bond acceptors (Lipinski definition) is 4. The smallest absolute Gasteiger partial charge is 0.255 e. The lowest BCUT2D eigenvalue weighted by Gasteiger charge is -2.21. The van der Waals surface area contributed by atoms with Crippen molar-refractivity contribution in [2.75, 3.05) is 11.9 Å². The summed E-state index contributed by atoms with van der Waals surface area (Å²) < 4.78 is 27.2. The van der Waals surface area contributed by atoms with Crippen LogP contribution in [0.15, 0.2) is 96.7 Å². The predicted octanol–water partition coefficient (Wildman–Crippen LogP) is 3.71. The number of carbonyl (C=O) groups excluding carboxylic acids is 1. The first kappa shape index (κ1) is 20.4. The second-order valence-electron chi connectivity index (χ2n) is 6.29. The maximum Gasteiger partial charge on any atom is 0.255 e. The molecule has 0 unspecified atom stereocenters. The van der Waals surface area contributed by atoms with E-state index in [1.165, 1.54) is 4.31 Å². The first-order valence-electron chi connectivity index (χ1n) is 8.97. The average molecular weight is 407 g/mol. The Hall–Kier alpha value is -3.29. The maximum absolute atomic E-state index is 12.9. The van der Waals surface area contributed by atoms with E-state index in [4.69, 9.17) is 0 Å². The summed E-state index contributed by atoms with van der Waals surface area (Å²) in [5.41, 5.74) is 1.84. The molecule has 7 heteroatoms. The van der Waals surface area contributed by atoms with E-state index in [-0.39, 0.29) is 23.9 Å². The predicted molar refractivity (Wildman–Crippen MR) is 113 cm³/mol. The number of rotatable bonds is 8. The van der Waals surface area contributed by atoms with Crippen molar-refractivity contribution in [2.45, 2.75) is 11.4 Å². The molecule has 1 amide bonds. The summed E-state index contributed by atoms with van der Waals surface area (Å²) in [5, 5.41) is 2.76. The van der Waals surface area contributed by atoms with Gasteiger partial charge in [-0.05, 0) is 42.0 Å². The molecular formula is C22H21N3O3S. The summed E-state index contributed by atoms with van der Waals surface area (Å²) in [4.78, 5) is 16.5. The van der Waals surface area contributed by atoms with Crippen LogP contribution in [0.25, 0.3) is 0 Å². The van der Waals surface area contributed by atoms with E-state index in [0.29, 0.717) is 11.3 Å². The number of nitrogens with zero attached hydrogens (tertiary/aromatic N) is 2. The monoisotopic (exact) mass is 407 g/mol. The Bertz CT molecular complexity index is 1070. The lowest BCUT2D eigenvalue weighted by atomic mass is 10.1. The fraction of sp³-hybridized carbons (Fsp3) is 0.0909. The Balaban J connectivity index is 1.74. The van der Waals surface area contributed by atoms with Crippen LogP contribution >= 0.6 is 0 Å². The number of anilines is 1. The third kappa shape index (κ3) is 5.16. The molecule has 0 bridgehead atoms. The number of benzene rings is 2. The van der Waals surface area contributed by atoms with Crippen LogP contribution in [0.1, 0.15) is 15.9 Å². The summed E-state index contributed by atoms with van der Waals surface area (Å²) in [6.07, 6.45) is 4.74. The molecule has 0 aliphatic heterocycles. The normalized spacial score (nSPS) is 11.2. The van der Waals surface area contributed by atoms with Gasteiger partial charge in [0.1, 0.15) is 0 Å². The Kier molecular flexibility index (Phi) is 6.54. The summed E-state index contributed by atoms with van der Waals surface area (Å²) >= 11 is 0. The Morgan fingerprint density at radius 1 is 1.03 bits per heavy atom. The molecule has 0 aliphatic carbocycles. The summed E-state index contributed by atoms with van der Waals surface area (Å²) in [6, 6.07) is 18.6. The van der Waals surface area contributed by atoms with Gasteiger partial charge in [0.25, 0.3) is 5.91 Å². The molecule has 3 aromatic rings.